The van der Waals surface area contributed by atoms with Gasteiger partial charge in [0, 0.05) is 31.6 Å². The second-order valence-electron chi connectivity index (χ2n) is 7.76. The fourth-order valence-corrected chi connectivity index (χ4v) is 3.83. The van der Waals surface area contributed by atoms with E-state index in [1.807, 2.05) is 26.0 Å². The number of morpholine rings is 1. The SMILES string of the molecule is CCOc1cc(N2CCOCC2)c(OCC)cc1NC(=O)CCc1ccc(C)cc1C. The maximum atomic E-state index is 12.7. The molecule has 168 valence electrons. The van der Waals surface area contributed by atoms with Gasteiger partial charge in [0.15, 0.2) is 0 Å². The number of nitrogens with one attached hydrogen (secondary N) is 1. The molecule has 1 amide bonds. The fourth-order valence-electron chi connectivity index (χ4n) is 3.83. The zero-order valence-corrected chi connectivity index (χ0v) is 19.1. The van der Waals surface area contributed by atoms with Crippen molar-refractivity contribution in [3.63, 3.8) is 0 Å². The summed E-state index contributed by atoms with van der Waals surface area (Å²) >= 11 is 0. The van der Waals surface area contributed by atoms with E-state index in [2.05, 4.69) is 42.3 Å². The first-order chi connectivity index (χ1) is 15.0. The summed E-state index contributed by atoms with van der Waals surface area (Å²) < 4.78 is 17.3. The third kappa shape index (κ3) is 6.14. The Morgan fingerprint density at radius 3 is 2.42 bits per heavy atom. The zero-order chi connectivity index (χ0) is 22.2. The van der Waals surface area contributed by atoms with E-state index >= 15 is 0 Å². The number of carbonyl (C=O) groups is 1. The molecule has 0 aromatic heterocycles. The summed E-state index contributed by atoms with van der Waals surface area (Å²) in [7, 11) is 0. The molecule has 2 aromatic rings. The van der Waals surface area contributed by atoms with Crippen LogP contribution in [-0.2, 0) is 16.0 Å². The van der Waals surface area contributed by atoms with Gasteiger partial charge in [0.05, 0.1) is 37.8 Å². The highest BCUT2D eigenvalue weighted by atomic mass is 16.5. The lowest BCUT2D eigenvalue weighted by Gasteiger charge is -2.31. The molecule has 31 heavy (non-hydrogen) atoms. The maximum Gasteiger partial charge on any atom is 0.224 e. The molecule has 1 heterocycles. The predicted molar refractivity (Wildman–Crippen MR) is 125 cm³/mol. The highest BCUT2D eigenvalue weighted by Gasteiger charge is 2.20. The van der Waals surface area contributed by atoms with Gasteiger partial charge in [-0.1, -0.05) is 23.8 Å². The van der Waals surface area contributed by atoms with Gasteiger partial charge in [-0.05, 0) is 45.2 Å². The van der Waals surface area contributed by atoms with Crippen LogP contribution in [-0.4, -0.2) is 45.4 Å². The van der Waals surface area contributed by atoms with Gasteiger partial charge in [0.1, 0.15) is 11.5 Å². The van der Waals surface area contributed by atoms with Crippen LogP contribution in [0.15, 0.2) is 30.3 Å². The van der Waals surface area contributed by atoms with Crippen LogP contribution in [0.4, 0.5) is 11.4 Å². The molecule has 3 rings (SSSR count). The van der Waals surface area contributed by atoms with Crippen molar-refractivity contribution < 1.29 is 19.0 Å². The molecule has 6 heteroatoms. The number of benzene rings is 2. The highest BCUT2D eigenvalue weighted by Crippen LogP contribution is 2.39. The number of hydrogen-bond acceptors (Lipinski definition) is 5. The molecular formula is C25H34N2O4. The van der Waals surface area contributed by atoms with Gasteiger partial charge in [-0.2, -0.15) is 0 Å². The molecule has 1 N–H and O–H groups in total. The summed E-state index contributed by atoms with van der Waals surface area (Å²) in [5.74, 6) is 1.37. The van der Waals surface area contributed by atoms with Crippen molar-refractivity contribution in [2.75, 3.05) is 49.7 Å². The Morgan fingerprint density at radius 1 is 1.03 bits per heavy atom. The number of carbonyl (C=O) groups excluding carboxylic acids is 1. The van der Waals surface area contributed by atoms with E-state index in [-0.39, 0.29) is 5.91 Å². The number of ether oxygens (including phenoxy) is 3. The van der Waals surface area contributed by atoms with Crippen LogP contribution in [0.2, 0.25) is 0 Å². The number of anilines is 2. The van der Waals surface area contributed by atoms with E-state index < -0.39 is 0 Å². The Morgan fingerprint density at radius 2 is 1.74 bits per heavy atom. The van der Waals surface area contributed by atoms with Crippen molar-refractivity contribution in [2.24, 2.45) is 0 Å². The van der Waals surface area contributed by atoms with Crippen molar-refractivity contribution in [3.8, 4) is 11.5 Å². The Balaban J connectivity index is 1.77. The Kier molecular flexibility index (Phi) is 8.18. The quantitative estimate of drug-likeness (QED) is 0.639. The van der Waals surface area contributed by atoms with Crippen LogP contribution in [0, 0.1) is 13.8 Å². The molecule has 0 saturated carbocycles. The summed E-state index contributed by atoms with van der Waals surface area (Å²) in [5.41, 5.74) is 5.27. The molecule has 6 nitrogen and oxygen atoms in total. The number of aryl methyl sites for hydroxylation is 3. The largest absolute Gasteiger partial charge is 0.492 e. The van der Waals surface area contributed by atoms with Crippen molar-refractivity contribution >= 4 is 17.3 Å². The maximum absolute atomic E-state index is 12.7. The number of hydrogen-bond donors (Lipinski definition) is 1. The average Bonchev–Trinajstić information content (AvgIpc) is 2.75. The Bertz CT molecular complexity index is 891. The van der Waals surface area contributed by atoms with Crippen LogP contribution in [0.5, 0.6) is 11.5 Å². The second kappa shape index (κ2) is 11.0. The van der Waals surface area contributed by atoms with E-state index in [1.165, 1.54) is 16.7 Å². The second-order valence-corrected chi connectivity index (χ2v) is 7.76. The third-order valence-electron chi connectivity index (χ3n) is 5.41. The smallest absolute Gasteiger partial charge is 0.224 e. The van der Waals surface area contributed by atoms with Gasteiger partial charge in [-0.25, -0.2) is 0 Å². The van der Waals surface area contributed by atoms with Gasteiger partial charge in [0.25, 0.3) is 0 Å². The van der Waals surface area contributed by atoms with Crippen LogP contribution in [0.1, 0.15) is 37.0 Å². The van der Waals surface area contributed by atoms with Crippen molar-refractivity contribution in [3.05, 3.63) is 47.0 Å². The molecule has 0 radical (unpaired) electrons. The standard InChI is InChI=1S/C25H34N2O4/c1-5-30-23-17-22(27-11-13-29-14-12-27)24(31-6-2)16-21(23)26-25(28)10-9-20-8-7-18(3)15-19(20)4/h7-8,15-17H,5-6,9-14H2,1-4H3,(H,26,28). The fraction of sp³-hybridized carbons (Fsp3) is 0.480. The van der Waals surface area contributed by atoms with E-state index in [0.29, 0.717) is 50.7 Å². The number of rotatable bonds is 9. The molecular weight excluding hydrogens is 392 g/mol. The van der Waals surface area contributed by atoms with Crippen molar-refractivity contribution in [1.82, 2.24) is 0 Å². The van der Waals surface area contributed by atoms with Gasteiger partial charge in [-0.3, -0.25) is 4.79 Å². The lowest BCUT2D eigenvalue weighted by molar-refractivity contribution is -0.116. The van der Waals surface area contributed by atoms with E-state index in [0.717, 1.165) is 24.5 Å². The lowest BCUT2D eigenvalue weighted by atomic mass is 10.0. The summed E-state index contributed by atoms with van der Waals surface area (Å²) in [6.07, 6.45) is 1.11. The number of amides is 1. The zero-order valence-electron chi connectivity index (χ0n) is 19.1. The molecule has 2 aromatic carbocycles. The molecule has 1 fully saturated rings. The molecule has 0 spiro atoms. The average molecular weight is 427 g/mol. The number of nitrogens with zero attached hydrogens (tertiary/aromatic N) is 1. The minimum Gasteiger partial charge on any atom is -0.492 e. The lowest BCUT2D eigenvalue weighted by Crippen LogP contribution is -2.36. The first kappa shape index (κ1) is 22.9. The topological polar surface area (TPSA) is 60.0 Å². The van der Waals surface area contributed by atoms with Gasteiger partial charge in [-0.15, -0.1) is 0 Å². The molecule has 0 aliphatic carbocycles. The van der Waals surface area contributed by atoms with Crippen LogP contribution < -0.4 is 19.7 Å². The van der Waals surface area contributed by atoms with Crippen LogP contribution in [0.3, 0.4) is 0 Å². The third-order valence-corrected chi connectivity index (χ3v) is 5.41. The monoisotopic (exact) mass is 426 g/mol. The summed E-state index contributed by atoms with van der Waals surface area (Å²) in [4.78, 5) is 15.0. The van der Waals surface area contributed by atoms with Gasteiger partial charge in [0.2, 0.25) is 5.91 Å². The van der Waals surface area contributed by atoms with Crippen LogP contribution >= 0.6 is 0 Å². The first-order valence-corrected chi connectivity index (χ1v) is 11.1. The molecule has 1 saturated heterocycles. The van der Waals surface area contributed by atoms with Crippen molar-refractivity contribution in [1.29, 1.82) is 0 Å². The molecule has 0 bridgehead atoms. The van der Waals surface area contributed by atoms with Crippen LogP contribution in [0.25, 0.3) is 0 Å². The van der Waals surface area contributed by atoms with Gasteiger partial charge < -0.3 is 24.4 Å². The molecule has 0 unspecified atom stereocenters. The highest BCUT2D eigenvalue weighted by molar-refractivity contribution is 5.93. The molecule has 1 aliphatic heterocycles. The summed E-state index contributed by atoms with van der Waals surface area (Å²) in [6.45, 7) is 12.1. The summed E-state index contributed by atoms with van der Waals surface area (Å²) in [5, 5.41) is 3.04. The van der Waals surface area contributed by atoms with Crippen molar-refractivity contribution in [2.45, 2.75) is 40.5 Å². The Labute approximate surface area is 185 Å². The molecule has 0 atom stereocenters. The predicted octanol–water partition coefficient (Wildman–Crippen LogP) is 4.51. The minimum absolute atomic E-state index is 0.0394. The van der Waals surface area contributed by atoms with E-state index in [9.17, 15) is 4.79 Å². The summed E-state index contributed by atoms with van der Waals surface area (Å²) in [6, 6.07) is 10.2. The normalized spacial score (nSPS) is 13.7. The Hall–Kier alpha value is -2.73. The minimum atomic E-state index is -0.0394. The molecule has 1 aliphatic rings. The van der Waals surface area contributed by atoms with Gasteiger partial charge >= 0.3 is 0 Å². The van der Waals surface area contributed by atoms with E-state index in [1.54, 1.807) is 0 Å². The van der Waals surface area contributed by atoms with E-state index in [4.69, 9.17) is 14.2 Å². The first-order valence-electron chi connectivity index (χ1n) is 11.1.